The summed E-state index contributed by atoms with van der Waals surface area (Å²) in [5.74, 6) is -1.29. The van der Waals surface area contributed by atoms with Crippen molar-refractivity contribution in [3.63, 3.8) is 0 Å². The molecule has 0 bridgehead atoms. The van der Waals surface area contributed by atoms with Crippen molar-refractivity contribution in [3.8, 4) is 0 Å². The van der Waals surface area contributed by atoms with Gasteiger partial charge in [-0.1, -0.05) is 25.0 Å². The zero-order valence-corrected chi connectivity index (χ0v) is 13.7. The lowest BCUT2D eigenvalue weighted by Crippen LogP contribution is -2.44. The number of urea groups is 1. The van der Waals surface area contributed by atoms with Crippen molar-refractivity contribution in [2.24, 2.45) is 0 Å². The average Bonchev–Trinajstić information content (AvgIpc) is 3.06. The van der Waals surface area contributed by atoms with Crippen molar-refractivity contribution in [1.29, 1.82) is 0 Å². The van der Waals surface area contributed by atoms with E-state index >= 15 is 0 Å². The first-order chi connectivity index (χ1) is 11.6. The number of nitrogens with one attached hydrogen (secondary N) is 2. The average molecular weight is 334 g/mol. The molecule has 0 unspecified atom stereocenters. The van der Waals surface area contributed by atoms with Crippen LogP contribution in [0.25, 0.3) is 0 Å². The summed E-state index contributed by atoms with van der Waals surface area (Å²) in [6, 6.07) is 6.32. The number of benzene rings is 1. The molecular weight excluding hydrogens is 312 g/mol. The molecule has 1 aliphatic carbocycles. The summed E-state index contributed by atoms with van der Waals surface area (Å²) < 4.78 is 9.92. The highest BCUT2D eigenvalue weighted by molar-refractivity contribution is 5.97. The molecule has 7 nitrogen and oxygen atoms in total. The largest absolute Gasteiger partial charge is 0.452 e. The van der Waals surface area contributed by atoms with Crippen LogP contribution in [0.5, 0.6) is 0 Å². The fraction of sp³-hybridized carbons (Fsp3) is 0.471. The van der Waals surface area contributed by atoms with Gasteiger partial charge in [0.25, 0.3) is 5.91 Å². The number of imide groups is 1. The van der Waals surface area contributed by atoms with Crippen molar-refractivity contribution >= 4 is 17.9 Å². The van der Waals surface area contributed by atoms with E-state index in [4.69, 9.17) is 9.47 Å². The van der Waals surface area contributed by atoms with Crippen LogP contribution in [0.2, 0.25) is 0 Å². The van der Waals surface area contributed by atoms with E-state index in [1.54, 1.807) is 25.3 Å². The van der Waals surface area contributed by atoms with Crippen LogP contribution in [0.1, 0.15) is 41.6 Å². The molecule has 0 heterocycles. The lowest BCUT2D eigenvalue weighted by atomic mass is 10.1. The molecule has 2 rings (SSSR count). The first kappa shape index (κ1) is 17.9. The molecule has 3 amide bonds. The number of hydrogen-bond donors (Lipinski definition) is 2. The Hall–Kier alpha value is -2.41. The monoisotopic (exact) mass is 334 g/mol. The Morgan fingerprint density at radius 3 is 2.67 bits per heavy atom. The van der Waals surface area contributed by atoms with Gasteiger partial charge in [0.05, 0.1) is 12.2 Å². The summed E-state index contributed by atoms with van der Waals surface area (Å²) >= 11 is 0. The van der Waals surface area contributed by atoms with Gasteiger partial charge in [-0.3, -0.25) is 10.1 Å². The van der Waals surface area contributed by atoms with Crippen LogP contribution in [-0.2, 0) is 20.9 Å². The van der Waals surface area contributed by atoms with E-state index in [9.17, 15) is 14.4 Å². The number of carbonyl (C=O) groups excluding carboxylic acids is 3. The second kappa shape index (κ2) is 9.02. The van der Waals surface area contributed by atoms with Crippen LogP contribution in [0.15, 0.2) is 24.3 Å². The molecule has 130 valence electrons. The van der Waals surface area contributed by atoms with Gasteiger partial charge in [-0.15, -0.1) is 0 Å². The molecule has 1 aliphatic rings. The second-order valence-electron chi connectivity index (χ2n) is 5.71. The maximum atomic E-state index is 11.9. The van der Waals surface area contributed by atoms with E-state index in [0.717, 1.165) is 31.2 Å². The van der Waals surface area contributed by atoms with Gasteiger partial charge in [-0.2, -0.15) is 0 Å². The topological polar surface area (TPSA) is 93.7 Å². The molecule has 2 N–H and O–H groups in total. The van der Waals surface area contributed by atoms with Crippen LogP contribution >= 0.6 is 0 Å². The fourth-order valence-corrected chi connectivity index (χ4v) is 2.62. The summed E-state index contributed by atoms with van der Waals surface area (Å²) in [7, 11) is 1.56. The number of methoxy groups -OCH3 is 1. The minimum Gasteiger partial charge on any atom is -0.452 e. The van der Waals surface area contributed by atoms with E-state index in [0.29, 0.717) is 12.2 Å². The van der Waals surface area contributed by atoms with Crippen LogP contribution in [0.3, 0.4) is 0 Å². The Balaban J connectivity index is 1.75. The Labute approximate surface area is 140 Å². The molecule has 1 fully saturated rings. The molecule has 0 aliphatic heterocycles. The van der Waals surface area contributed by atoms with E-state index < -0.39 is 24.5 Å². The van der Waals surface area contributed by atoms with Gasteiger partial charge in [0.15, 0.2) is 6.61 Å². The van der Waals surface area contributed by atoms with Crippen molar-refractivity contribution in [1.82, 2.24) is 10.6 Å². The molecule has 0 spiro atoms. The molecule has 1 aromatic rings. The number of rotatable bonds is 6. The Morgan fingerprint density at radius 1 is 1.21 bits per heavy atom. The summed E-state index contributed by atoms with van der Waals surface area (Å²) in [6.45, 7) is -0.131. The molecule has 0 saturated heterocycles. The quantitative estimate of drug-likeness (QED) is 0.773. The highest BCUT2D eigenvalue weighted by Gasteiger charge is 2.18. The maximum Gasteiger partial charge on any atom is 0.338 e. The second-order valence-corrected chi connectivity index (χ2v) is 5.71. The normalized spacial score (nSPS) is 14.2. The van der Waals surface area contributed by atoms with E-state index in [1.807, 2.05) is 6.07 Å². The maximum absolute atomic E-state index is 11.9. The summed E-state index contributed by atoms with van der Waals surface area (Å²) in [6.07, 6.45) is 4.01. The molecular formula is C17H22N2O5. The number of hydrogen-bond acceptors (Lipinski definition) is 5. The smallest absolute Gasteiger partial charge is 0.338 e. The third kappa shape index (κ3) is 5.66. The van der Waals surface area contributed by atoms with Gasteiger partial charge in [0.1, 0.15) is 0 Å². The number of esters is 1. The first-order valence-electron chi connectivity index (χ1n) is 7.94. The zero-order valence-electron chi connectivity index (χ0n) is 13.7. The molecule has 1 saturated carbocycles. The lowest BCUT2D eigenvalue weighted by molar-refractivity contribution is -0.123. The van der Waals surface area contributed by atoms with E-state index in [1.165, 1.54) is 0 Å². The van der Waals surface area contributed by atoms with E-state index in [2.05, 4.69) is 10.6 Å². The molecule has 1 aromatic carbocycles. The molecule has 0 aromatic heterocycles. The highest BCUT2D eigenvalue weighted by Crippen LogP contribution is 2.17. The minimum absolute atomic E-state index is 0.115. The SMILES string of the molecule is COCc1cccc(C(=O)OCC(=O)NC(=O)NC2CCCC2)c1. The van der Waals surface area contributed by atoms with Crippen LogP contribution < -0.4 is 10.6 Å². The lowest BCUT2D eigenvalue weighted by Gasteiger charge is -2.12. The summed E-state index contributed by atoms with van der Waals surface area (Å²) in [5, 5.41) is 4.88. The fourth-order valence-electron chi connectivity index (χ4n) is 2.62. The molecule has 24 heavy (non-hydrogen) atoms. The highest BCUT2D eigenvalue weighted by atomic mass is 16.5. The van der Waals surface area contributed by atoms with Crippen molar-refractivity contribution < 1.29 is 23.9 Å². The third-order valence-electron chi connectivity index (χ3n) is 3.75. The van der Waals surface area contributed by atoms with Gasteiger partial charge in [0, 0.05) is 13.2 Å². The van der Waals surface area contributed by atoms with Gasteiger partial charge in [-0.05, 0) is 30.5 Å². The van der Waals surface area contributed by atoms with Crippen molar-refractivity contribution in [2.45, 2.75) is 38.3 Å². The molecule has 0 atom stereocenters. The zero-order chi connectivity index (χ0) is 17.4. The standard InChI is InChI=1S/C17H22N2O5/c1-23-10-12-5-4-6-13(9-12)16(21)24-11-15(20)19-17(22)18-14-7-2-3-8-14/h4-6,9,14H,2-3,7-8,10-11H2,1H3,(H2,18,19,20,22). The van der Waals surface area contributed by atoms with Gasteiger partial charge < -0.3 is 14.8 Å². The van der Waals surface area contributed by atoms with Crippen LogP contribution in [0, 0.1) is 0 Å². The van der Waals surface area contributed by atoms with Gasteiger partial charge >= 0.3 is 12.0 Å². The van der Waals surface area contributed by atoms with E-state index in [-0.39, 0.29) is 6.04 Å². The van der Waals surface area contributed by atoms with Crippen molar-refractivity contribution in [2.75, 3.05) is 13.7 Å². The molecule has 7 heteroatoms. The van der Waals surface area contributed by atoms with Crippen LogP contribution in [-0.4, -0.2) is 37.7 Å². The number of carbonyl (C=O) groups is 3. The van der Waals surface area contributed by atoms with Gasteiger partial charge in [-0.25, -0.2) is 9.59 Å². The van der Waals surface area contributed by atoms with Gasteiger partial charge in [0.2, 0.25) is 0 Å². The Bertz CT molecular complexity index is 596. The summed E-state index contributed by atoms with van der Waals surface area (Å²) in [5.41, 5.74) is 1.15. The minimum atomic E-state index is -0.660. The Morgan fingerprint density at radius 2 is 1.96 bits per heavy atom. The summed E-state index contributed by atoms with van der Waals surface area (Å²) in [4.78, 5) is 35.2. The Kier molecular flexibility index (Phi) is 6.74. The van der Waals surface area contributed by atoms with Crippen molar-refractivity contribution in [3.05, 3.63) is 35.4 Å². The van der Waals surface area contributed by atoms with Crippen LogP contribution in [0.4, 0.5) is 4.79 Å². The predicted octanol–water partition coefficient (Wildman–Crippen LogP) is 1.76. The third-order valence-corrected chi connectivity index (χ3v) is 3.75. The number of amides is 3. The number of ether oxygens (including phenoxy) is 2. The molecule has 0 radical (unpaired) electrons. The first-order valence-corrected chi connectivity index (χ1v) is 7.94. The predicted molar refractivity (Wildman–Crippen MR) is 86.4 cm³/mol.